The van der Waals surface area contributed by atoms with Crippen molar-refractivity contribution in [2.24, 2.45) is 11.8 Å². The van der Waals surface area contributed by atoms with Gasteiger partial charge in [-0.1, -0.05) is 107 Å². The van der Waals surface area contributed by atoms with Crippen LogP contribution in [0.5, 0.6) is 0 Å². The molecule has 0 aliphatic heterocycles. The molecule has 0 N–H and O–H groups in total. The minimum absolute atomic E-state index is 0. The Morgan fingerprint density at radius 1 is 0.771 bits per heavy atom. The molecule has 0 amide bonds. The Hall–Kier alpha value is 0.492. The van der Waals surface area contributed by atoms with Gasteiger partial charge in [0.25, 0.3) is 0 Å². The topological polar surface area (TPSA) is 0 Å². The summed E-state index contributed by atoms with van der Waals surface area (Å²) in [7, 11) is 0. The van der Waals surface area contributed by atoms with E-state index in [-0.39, 0.29) is 59.4 Å². The molecule has 35 heavy (non-hydrogen) atoms. The second kappa shape index (κ2) is 41.6. The van der Waals surface area contributed by atoms with Crippen molar-refractivity contribution in [3.63, 3.8) is 0 Å². The molecule has 2 atom stereocenters. The van der Waals surface area contributed by atoms with E-state index in [0.717, 1.165) is 17.4 Å². The standard InChI is InChI=1S/C14H26.C9H18.C5H8.C4H9.3Li.2H/c1-6-13(4)10-11-14(5)9-7-8-12(2)3;1-5-9(4)7-6-8(2)3;1-4-5(2)3;1-3-4-2;;;;;/h8,11,13H,6-7,9-10H2,1-5H3;6,9H,5,7H2,1-4H3;4H,1-2H2,3H3;3H,4H2,1-2H3;;;;;/q;;;-1;3*+1;2*-1/b14-11+;;;;;;;;. The zero-order valence-electron chi connectivity index (χ0n) is 29.4. The molecule has 0 rings (SSSR count). The molecule has 0 nitrogen and oxygen atoms in total. The van der Waals surface area contributed by atoms with E-state index >= 15 is 0 Å². The van der Waals surface area contributed by atoms with Crippen LogP contribution < -0.4 is 56.6 Å². The van der Waals surface area contributed by atoms with Crippen molar-refractivity contribution < 1.29 is 59.4 Å². The molecular formula is C32H63Li3. The third kappa shape index (κ3) is 66.0. The third-order valence-electron chi connectivity index (χ3n) is 5.04. The van der Waals surface area contributed by atoms with Crippen LogP contribution in [0.3, 0.4) is 0 Å². The molecule has 0 saturated carbocycles. The summed E-state index contributed by atoms with van der Waals surface area (Å²) >= 11 is 0. The average Bonchev–Trinajstić information content (AvgIpc) is 2.76. The van der Waals surface area contributed by atoms with Crippen LogP contribution in [0, 0.1) is 18.3 Å². The molecular weight excluding hydrogens is 405 g/mol. The van der Waals surface area contributed by atoms with E-state index in [9.17, 15) is 0 Å². The minimum Gasteiger partial charge on any atom is -1.00 e. The van der Waals surface area contributed by atoms with E-state index in [1.807, 2.05) is 6.92 Å². The van der Waals surface area contributed by atoms with Crippen molar-refractivity contribution in [3.8, 4) is 0 Å². The summed E-state index contributed by atoms with van der Waals surface area (Å²) in [6, 6.07) is 0. The van der Waals surface area contributed by atoms with E-state index in [4.69, 9.17) is 0 Å². The Kier molecular flexibility index (Phi) is 61.8. The Morgan fingerprint density at radius 2 is 1.11 bits per heavy atom. The van der Waals surface area contributed by atoms with Crippen LogP contribution >= 0.6 is 0 Å². The maximum atomic E-state index is 3.56. The number of unbranched alkanes of at least 4 members (excludes halogenated alkanes) is 1. The second-order valence-electron chi connectivity index (χ2n) is 9.52. The summed E-state index contributed by atoms with van der Waals surface area (Å²) in [5, 5.41) is 0. The fourth-order valence-corrected chi connectivity index (χ4v) is 1.86. The molecule has 0 fully saturated rings. The predicted molar refractivity (Wildman–Crippen MR) is 157 cm³/mol. The molecule has 0 heterocycles. The Morgan fingerprint density at radius 3 is 1.37 bits per heavy atom. The van der Waals surface area contributed by atoms with E-state index in [2.05, 4.69) is 114 Å². The maximum Gasteiger partial charge on any atom is 1.00 e. The van der Waals surface area contributed by atoms with Crippen molar-refractivity contribution in [1.29, 1.82) is 0 Å². The smallest absolute Gasteiger partial charge is 1.00 e. The first-order valence-corrected chi connectivity index (χ1v) is 12.9. The molecule has 0 aromatic carbocycles. The number of hydrogen-bond acceptors (Lipinski definition) is 0. The summed E-state index contributed by atoms with van der Waals surface area (Å²) in [5.74, 6) is 1.70. The van der Waals surface area contributed by atoms with Crippen molar-refractivity contribution in [2.75, 3.05) is 0 Å². The molecule has 0 bridgehead atoms. The first-order chi connectivity index (χ1) is 14.9. The van der Waals surface area contributed by atoms with Gasteiger partial charge in [0, 0.05) is 0 Å². The van der Waals surface area contributed by atoms with Gasteiger partial charge in [-0.3, -0.25) is 0 Å². The Balaban J connectivity index is -0.0000000427. The first-order valence-electron chi connectivity index (χ1n) is 12.9. The van der Waals surface area contributed by atoms with Gasteiger partial charge in [0.05, 0.1) is 0 Å². The summed E-state index contributed by atoms with van der Waals surface area (Å²) in [4.78, 5) is 0. The van der Waals surface area contributed by atoms with Gasteiger partial charge in [0.2, 0.25) is 0 Å². The number of rotatable bonds is 11. The van der Waals surface area contributed by atoms with Gasteiger partial charge in [-0.25, -0.2) is 0 Å². The second-order valence-corrected chi connectivity index (χ2v) is 9.52. The number of hydrogen-bond donors (Lipinski definition) is 0. The fraction of sp³-hybridized carbons (Fsp3) is 0.656. The zero-order chi connectivity index (χ0) is 25.9. The molecule has 3 heteroatoms. The molecule has 0 spiro atoms. The van der Waals surface area contributed by atoms with Crippen LogP contribution in [-0.4, -0.2) is 0 Å². The van der Waals surface area contributed by atoms with Crippen molar-refractivity contribution >= 4 is 0 Å². The van der Waals surface area contributed by atoms with Crippen LogP contribution in [0.15, 0.2) is 59.8 Å². The van der Waals surface area contributed by atoms with E-state index in [1.165, 1.54) is 56.1 Å². The van der Waals surface area contributed by atoms with Crippen LogP contribution in [0.25, 0.3) is 0 Å². The van der Waals surface area contributed by atoms with Crippen LogP contribution in [-0.2, 0) is 0 Å². The number of allylic oxidation sites excluding steroid dienone is 8. The van der Waals surface area contributed by atoms with Gasteiger partial charge in [-0.2, -0.15) is 13.3 Å². The average molecular weight is 469 g/mol. The molecule has 2 unspecified atom stereocenters. The summed E-state index contributed by atoms with van der Waals surface area (Å²) in [5.41, 5.74) is 5.43. The quantitative estimate of drug-likeness (QED) is 0.189. The Labute approximate surface area is 263 Å². The zero-order valence-corrected chi connectivity index (χ0v) is 27.4. The first kappa shape index (κ1) is 52.0. The third-order valence-corrected chi connectivity index (χ3v) is 5.04. The SMILES string of the molecule is C=CC(=C)C.CCC(C)C/C=C(\C)CCC=C(C)C.CCC(C)CC=C(C)C.C[CH-]CC.[H-].[H-].[Li+].[Li+].[Li+]. The van der Waals surface area contributed by atoms with Gasteiger partial charge in [-0.15, -0.1) is 0 Å². The monoisotopic (exact) mass is 469 g/mol. The summed E-state index contributed by atoms with van der Waals surface area (Å²) in [6.45, 7) is 33.1. The minimum atomic E-state index is 0. The van der Waals surface area contributed by atoms with Gasteiger partial charge in [-0.05, 0) is 79.1 Å². The predicted octanol–water partition coefficient (Wildman–Crippen LogP) is 3.11. The Bertz CT molecular complexity index is 514. The van der Waals surface area contributed by atoms with Crippen LogP contribution in [0.4, 0.5) is 0 Å². The van der Waals surface area contributed by atoms with Gasteiger partial charge in [0.15, 0.2) is 0 Å². The van der Waals surface area contributed by atoms with E-state index in [1.54, 1.807) is 11.6 Å². The molecule has 194 valence electrons. The molecule has 0 saturated heterocycles. The molecule has 0 aliphatic carbocycles. The van der Waals surface area contributed by atoms with Gasteiger partial charge >= 0.3 is 56.6 Å². The molecule has 0 aliphatic rings. The van der Waals surface area contributed by atoms with Crippen molar-refractivity contribution in [2.45, 2.75) is 128 Å². The van der Waals surface area contributed by atoms with Crippen LogP contribution in [0.2, 0.25) is 0 Å². The molecule has 0 radical (unpaired) electrons. The molecule has 0 aromatic heterocycles. The fourth-order valence-electron chi connectivity index (χ4n) is 1.86. The maximum absolute atomic E-state index is 3.56. The largest absolute Gasteiger partial charge is 1.00 e. The molecule has 0 aromatic rings. The summed E-state index contributed by atoms with van der Waals surface area (Å²) < 4.78 is 0. The van der Waals surface area contributed by atoms with Gasteiger partial charge < -0.3 is 9.27 Å². The summed E-state index contributed by atoms with van der Waals surface area (Å²) in [6.07, 6.45) is 19.6. The van der Waals surface area contributed by atoms with Crippen molar-refractivity contribution in [3.05, 3.63) is 66.2 Å². The van der Waals surface area contributed by atoms with E-state index < -0.39 is 0 Å². The normalized spacial score (nSPS) is 10.7. The van der Waals surface area contributed by atoms with Crippen LogP contribution in [0.1, 0.15) is 131 Å². The van der Waals surface area contributed by atoms with E-state index in [0.29, 0.717) is 0 Å². The van der Waals surface area contributed by atoms with Crippen molar-refractivity contribution in [1.82, 2.24) is 0 Å². The van der Waals surface area contributed by atoms with Gasteiger partial charge in [0.1, 0.15) is 0 Å².